The minimum atomic E-state index is 0.0901. The summed E-state index contributed by atoms with van der Waals surface area (Å²) in [5.41, 5.74) is 1.06. The number of aromatic nitrogens is 2. The van der Waals surface area contributed by atoms with E-state index in [1.807, 2.05) is 11.7 Å². The Morgan fingerprint density at radius 3 is 2.56 bits per heavy atom. The van der Waals surface area contributed by atoms with Crippen LogP contribution in [0.15, 0.2) is 6.20 Å². The van der Waals surface area contributed by atoms with Crippen LogP contribution in [-0.4, -0.2) is 37.2 Å². The number of nitrogens with zero attached hydrogens (tertiary/aromatic N) is 2. The third-order valence-corrected chi connectivity index (χ3v) is 3.22. The molecule has 1 aromatic heterocycles. The van der Waals surface area contributed by atoms with Gasteiger partial charge in [-0.05, 0) is 20.4 Å². The zero-order chi connectivity index (χ0) is 13.5. The van der Waals surface area contributed by atoms with Crippen LogP contribution in [0.4, 0.5) is 0 Å². The van der Waals surface area contributed by atoms with Gasteiger partial charge in [-0.2, -0.15) is 5.10 Å². The summed E-state index contributed by atoms with van der Waals surface area (Å²) < 4.78 is 13.0. The quantitative estimate of drug-likeness (QED) is 0.771. The second-order valence-corrected chi connectivity index (χ2v) is 4.24. The molecule has 18 heavy (non-hydrogen) atoms. The van der Waals surface area contributed by atoms with E-state index in [0.717, 1.165) is 30.8 Å². The molecule has 1 heterocycles. The number of hydrogen-bond donors (Lipinski definition) is 1. The molecule has 1 rings (SSSR count). The van der Waals surface area contributed by atoms with Gasteiger partial charge >= 0.3 is 0 Å². The summed E-state index contributed by atoms with van der Waals surface area (Å²) in [6, 6.07) is 0.0901. The first-order valence-corrected chi connectivity index (χ1v) is 6.53. The molecule has 0 amide bonds. The van der Waals surface area contributed by atoms with Crippen LogP contribution in [0.1, 0.15) is 38.4 Å². The maximum Gasteiger partial charge on any atom is 0.161 e. The molecule has 0 aliphatic carbocycles. The fourth-order valence-electron chi connectivity index (χ4n) is 2.30. The van der Waals surface area contributed by atoms with Gasteiger partial charge in [0, 0.05) is 13.7 Å². The standard InChI is InChI=1S/C13H25N3O2/c1-6-8-10(17-4)12(14-3)13-11(18-5)9-15-16(13)7-2/h9-10,12,14H,6-8H2,1-5H3. The zero-order valence-electron chi connectivity index (χ0n) is 12.1. The summed E-state index contributed by atoms with van der Waals surface area (Å²) >= 11 is 0. The minimum Gasteiger partial charge on any atom is -0.493 e. The highest BCUT2D eigenvalue weighted by Gasteiger charge is 2.27. The number of aryl methyl sites for hydroxylation is 1. The molecular formula is C13H25N3O2. The first kappa shape index (κ1) is 15.0. The van der Waals surface area contributed by atoms with Crippen molar-refractivity contribution in [3.8, 4) is 5.75 Å². The van der Waals surface area contributed by atoms with E-state index < -0.39 is 0 Å². The van der Waals surface area contributed by atoms with Crippen molar-refractivity contribution in [2.45, 2.75) is 45.4 Å². The summed E-state index contributed by atoms with van der Waals surface area (Å²) in [6.07, 6.45) is 3.97. The molecule has 5 nitrogen and oxygen atoms in total. The van der Waals surface area contributed by atoms with Crippen LogP contribution >= 0.6 is 0 Å². The largest absolute Gasteiger partial charge is 0.493 e. The van der Waals surface area contributed by atoms with Crippen molar-refractivity contribution in [2.75, 3.05) is 21.3 Å². The normalized spacial score (nSPS) is 14.5. The van der Waals surface area contributed by atoms with Crippen LogP contribution in [0.5, 0.6) is 5.75 Å². The summed E-state index contributed by atoms with van der Waals surface area (Å²) in [4.78, 5) is 0. The van der Waals surface area contributed by atoms with Crippen molar-refractivity contribution < 1.29 is 9.47 Å². The number of ether oxygens (including phenoxy) is 2. The average molecular weight is 255 g/mol. The maximum absolute atomic E-state index is 5.61. The lowest BCUT2D eigenvalue weighted by Crippen LogP contribution is -2.33. The van der Waals surface area contributed by atoms with Crippen molar-refractivity contribution in [1.29, 1.82) is 0 Å². The van der Waals surface area contributed by atoms with Crippen molar-refractivity contribution in [3.05, 3.63) is 11.9 Å². The first-order chi connectivity index (χ1) is 8.73. The topological polar surface area (TPSA) is 48.3 Å². The lowest BCUT2D eigenvalue weighted by molar-refractivity contribution is 0.0595. The third-order valence-electron chi connectivity index (χ3n) is 3.22. The Morgan fingerprint density at radius 1 is 1.39 bits per heavy atom. The van der Waals surface area contributed by atoms with Crippen LogP contribution in [0.25, 0.3) is 0 Å². The van der Waals surface area contributed by atoms with Crippen LogP contribution < -0.4 is 10.1 Å². The predicted octanol–water partition coefficient (Wildman–Crippen LogP) is 1.99. The van der Waals surface area contributed by atoms with Crippen molar-refractivity contribution in [1.82, 2.24) is 15.1 Å². The van der Waals surface area contributed by atoms with E-state index >= 15 is 0 Å². The monoisotopic (exact) mass is 255 g/mol. The lowest BCUT2D eigenvalue weighted by atomic mass is 10.0. The summed E-state index contributed by atoms with van der Waals surface area (Å²) in [6.45, 7) is 5.05. The molecule has 104 valence electrons. The van der Waals surface area contributed by atoms with Gasteiger partial charge < -0.3 is 14.8 Å². The highest BCUT2D eigenvalue weighted by molar-refractivity contribution is 5.29. The molecule has 1 N–H and O–H groups in total. The molecule has 0 fully saturated rings. The van der Waals surface area contributed by atoms with Gasteiger partial charge in [-0.25, -0.2) is 0 Å². The van der Waals surface area contributed by atoms with E-state index in [1.54, 1.807) is 20.4 Å². The van der Waals surface area contributed by atoms with E-state index in [0.29, 0.717) is 0 Å². The molecule has 0 aliphatic rings. The van der Waals surface area contributed by atoms with Gasteiger partial charge in [0.15, 0.2) is 5.75 Å². The molecular weight excluding hydrogens is 230 g/mol. The van der Waals surface area contributed by atoms with Gasteiger partial charge in [-0.1, -0.05) is 13.3 Å². The van der Waals surface area contributed by atoms with E-state index in [2.05, 4.69) is 24.3 Å². The second kappa shape index (κ2) is 7.38. The lowest BCUT2D eigenvalue weighted by Gasteiger charge is -2.26. The fourth-order valence-corrected chi connectivity index (χ4v) is 2.30. The Labute approximate surface area is 109 Å². The van der Waals surface area contributed by atoms with E-state index in [9.17, 15) is 0 Å². The highest BCUT2D eigenvalue weighted by Crippen LogP contribution is 2.29. The SMILES string of the molecule is CCCC(OC)C(NC)c1c(OC)cnn1CC. The molecule has 0 aliphatic heterocycles. The Hall–Kier alpha value is -1.07. The molecule has 2 unspecified atom stereocenters. The first-order valence-electron chi connectivity index (χ1n) is 6.53. The van der Waals surface area contributed by atoms with Crippen molar-refractivity contribution in [2.24, 2.45) is 0 Å². The van der Waals surface area contributed by atoms with Crippen molar-refractivity contribution in [3.63, 3.8) is 0 Å². The molecule has 0 saturated carbocycles. The predicted molar refractivity (Wildman–Crippen MR) is 72.0 cm³/mol. The van der Waals surface area contributed by atoms with Gasteiger partial charge in [0.1, 0.15) is 0 Å². The van der Waals surface area contributed by atoms with Gasteiger partial charge in [-0.15, -0.1) is 0 Å². The number of methoxy groups -OCH3 is 2. The van der Waals surface area contributed by atoms with Crippen LogP contribution in [0.3, 0.4) is 0 Å². The summed E-state index contributed by atoms with van der Waals surface area (Å²) in [7, 11) is 5.37. The number of hydrogen-bond acceptors (Lipinski definition) is 4. The van der Waals surface area contributed by atoms with Gasteiger partial charge in [-0.3, -0.25) is 4.68 Å². The Balaban J connectivity index is 3.09. The van der Waals surface area contributed by atoms with Gasteiger partial charge in [0.2, 0.25) is 0 Å². The Kier molecular flexibility index (Phi) is 6.15. The minimum absolute atomic E-state index is 0.0901. The number of rotatable bonds is 8. The van der Waals surface area contributed by atoms with Gasteiger partial charge in [0.05, 0.1) is 31.1 Å². The summed E-state index contributed by atoms with van der Waals surface area (Å²) in [5.74, 6) is 0.814. The average Bonchev–Trinajstić information content (AvgIpc) is 2.81. The molecule has 1 aromatic rings. The summed E-state index contributed by atoms with van der Waals surface area (Å²) in [5, 5.41) is 7.67. The zero-order valence-corrected chi connectivity index (χ0v) is 12.1. The molecule has 0 radical (unpaired) electrons. The van der Waals surface area contributed by atoms with Crippen LogP contribution in [0.2, 0.25) is 0 Å². The fraction of sp³-hybridized carbons (Fsp3) is 0.769. The molecule has 0 saturated heterocycles. The van der Waals surface area contributed by atoms with E-state index in [4.69, 9.17) is 9.47 Å². The van der Waals surface area contributed by atoms with Crippen LogP contribution in [0, 0.1) is 0 Å². The highest BCUT2D eigenvalue weighted by atomic mass is 16.5. The Morgan fingerprint density at radius 2 is 2.11 bits per heavy atom. The van der Waals surface area contributed by atoms with E-state index in [-0.39, 0.29) is 12.1 Å². The van der Waals surface area contributed by atoms with Gasteiger partial charge in [0.25, 0.3) is 0 Å². The molecule has 0 aromatic carbocycles. The van der Waals surface area contributed by atoms with Crippen LogP contribution in [-0.2, 0) is 11.3 Å². The Bertz CT molecular complexity index is 331. The molecule has 0 spiro atoms. The molecule has 2 atom stereocenters. The second-order valence-electron chi connectivity index (χ2n) is 4.24. The third kappa shape index (κ3) is 3.03. The van der Waals surface area contributed by atoms with Crippen molar-refractivity contribution >= 4 is 0 Å². The van der Waals surface area contributed by atoms with E-state index in [1.165, 1.54) is 0 Å². The number of nitrogens with one attached hydrogen (secondary N) is 1. The maximum atomic E-state index is 5.61. The number of likely N-dealkylation sites (N-methyl/N-ethyl adjacent to an activating group) is 1. The smallest absolute Gasteiger partial charge is 0.161 e. The molecule has 0 bridgehead atoms. The molecule has 5 heteroatoms.